The molecule has 1 saturated heterocycles. The first kappa shape index (κ1) is 15.1. The number of aromatic amines is 1. The molecule has 1 aliphatic heterocycles. The molecule has 0 aromatic carbocycles. The zero-order chi connectivity index (χ0) is 16.5. The fourth-order valence-electron chi connectivity index (χ4n) is 3.41. The van der Waals surface area contributed by atoms with Gasteiger partial charge in [0.25, 0.3) is 0 Å². The summed E-state index contributed by atoms with van der Waals surface area (Å²) in [6.07, 6.45) is 5.82. The second kappa shape index (κ2) is 6.20. The Labute approximate surface area is 139 Å². The van der Waals surface area contributed by atoms with Gasteiger partial charge < -0.3 is 14.4 Å². The summed E-state index contributed by atoms with van der Waals surface area (Å²) in [6.45, 7) is 4.56. The molecule has 0 aliphatic carbocycles. The van der Waals surface area contributed by atoms with E-state index < -0.39 is 0 Å². The molecular weight excluding hydrogens is 306 g/mol. The van der Waals surface area contributed by atoms with Crippen LogP contribution in [0.25, 0.3) is 11.0 Å². The fourth-order valence-corrected chi connectivity index (χ4v) is 3.41. The minimum atomic E-state index is 0.403. The molecule has 0 spiro atoms. The highest BCUT2D eigenvalue weighted by atomic mass is 16.5. The average molecular weight is 327 g/mol. The SMILES string of the molecule is Cc1nc(CN2CCCC(N(C)c3ncnc4[nH]ccc34)C2)no1. The summed E-state index contributed by atoms with van der Waals surface area (Å²) in [5.74, 6) is 2.35. The van der Waals surface area contributed by atoms with Gasteiger partial charge in [0.15, 0.2) is 5.82 Å². The van der Waals surface area contributed by atoms with Crippen LogP contribution in [0.15, 0.2) is 23.1 Å². The van der Waals surface area contributed by atoms with Gasteiger partial charge in [-0.1, -0.05) is 5.16 Å². The summed E-state index contributed by atoms with van der Waals surface area (Å²) < 4.78 is 5.07. The van der Waals surface area contributed by atoms with Crippen molar-refractivity contribution < 1.29 is 4.52 Å². The maximum atomic E-state index is 5.07. The van der Waals surface area contributed by atoms with Gasteiger partial charge >= 0.3 is 0 Å². The Hall–Kier alpha value is -2.48. The van der Waals surface area contributed by atoms with Crippen molar-refractivity contribution in [2.45, 2.75) is 32.4 Å². The Morgan fingerprint density at radius 2 is 2.33 bits per heavy atom. The van der Waals surface area contributed by atoms with Crippen molar-refractivity contribution in [2.24, 2.45) is 0 Å². The van der Waals surface area contributed by atoms with E-state index in [4.69, 9.17) is 4.52 Å². The van der Waals surface area contributed by atoms with E-state index in [1.807, 2.05) is 19.2 Å². The maximum absolute atomic E-state index is 5.07. The lowest BCUT2D eigenvalue weighted by molar-refractivity contribution is 0.192. The number of piperidine rings is 1. The molecule has 1 aliphatic rings. The number of rotatable bonds is 4. The summed E-state index contributed by atoms with van der Waals surface area (Å²) >= 11 is 0. The lowest BCUT2D eigenvalue weighted by Gasteiger charge is -2.37. The highest BCUT2D eigenvalue weighted by molar-refractivity contribution is 5.87. The summed E-state index contributed by atoms with van der Waals surface area (Å²) in [7, 11) is 2.11. The van der Waals surface area contributed by atoms with Gasteiger partial charge in [0.05, 0.1) is 11.9 Å². The molecule has 1 N–H and O–H groups in total. The predicted molar refractivity (Wildman–Crippen MR) is 89.6 cm³/mol. The number of hydrogen-bond donors (Lipinski definition) is 1. The van der Waals surface area contributed by atoms with E-state index in [1.165, 1.54) is 0 Å². The zero-order valence-electron chi connectivity index (χ0n) is 13.9. The third kappa shape index (κ3) is 2.84. The molecule has 0 radical (unpaired) electrons. The van der Waals surface area contributed by atoms with Crippen molar-refractivity contribution in [3.05, 3.63) is 30.3 Å². The lowest BCUT2D eigenvalue weighted by atomic mass is 10.0. The molecule has 1 unspecified atom stereocenters. The van der Waals surface area contributed by atoms with Gasteiger partial charge in [-0.05, 0) is 25.5 Å². The molecule has 8 heteroatoms. The van der Waals surface area contributed by atoms with Gasteiger partial charge in [-0.15, -0.1) is 0 Å². The highest BCUT2D eigenvalue weighted by Crippen LogP contribution is 2.26. The first-order chi connectivity index (χ1) is 11.7. The van der Waals surface area contributed by atoms with Crippen molar-refractivity contribution in [1.29, 1.82) is 0 Å². The smallest absolute Gasteiger partial charge is 0.223 e. The molecule has 0 bridgehead atoms. The van der Waals surface area contributed by atoms with Gasteiger partial charge in [-0.3, -0.25) is 4.90 Å². The van der Waals surface area contributed by atoms with Gasteiger partial charge in [-0.2, -0.15) is 4.98 Å². The van der Waals surface area contributed by atoms with Crippen LogP contribution in [0.2, 0.25) is 0 Å². The Morgan fingerprint density at radius 3 is 3.17 bits per heavy atom. The molecule has 4 rings (SSSR count). The van der Waals surface area contributed by atoms with Crippen LogP contribution in [0.3, 0.4) is 0 Å². The molecule has 126 valence electrons. The number of aromatic nitrogens is 5. The molecule has 24 heavy (non-hydrogen) atoms. The predicted octanol–water partition coefficient (Wildman–Crippen LogP) is 1.75. The van der Waals surface area contributed by atoms with Crippen molar-refractivity contribution in [2.75, 3.05) is 25.0 Å². The lowest BCUT2D eigenvalue weighted by Crippen LogP contribution is -2.46. The number of hydrogen-bond acceptors (Lipinski definition) is 7. The normalized spacial score (nSPS) is 19.0. The van der Waals surface area contributed by atoms with Crippen molar-refractivity contribution in [3.8, 4) is 0 Å². The molecule has 0 saturated carbocycles. The third-order valence-electron chi connectivity index (χ3n) is 4.63. The number of fused-ring (bicyclic) bond motifs is 1. The van der Waals surface area contributed by atoms with Crippen molar-refractivity contribution >= 4 is 16.9 Å². The van der Waals surface area contributed by atoms with E-state index in [-0.39, 0.29) is 0 Å². The summed E-state index contributed by atoms with van der Waals surface area (Å²) in [5.41, 5.74) is 0.877. The molecule has 1 fully saturated rings. The van der Waals surface area contributed by atoms with Crippen LogP contribution in [0.4, 0.5) is 5.82 Å². The fraction of sp³-hybridized carbons (Fsp3) is 0.500. The number of anilines is 1. The maximum Gasteiger partial charge on any atom is 0.223 e. The van der Waals surface area contributed by atoms with E-state index >= 15 is 0 Å². The Balaban J connectivity index is 1.50. The quantitative estimate of drug-likeness (QED) is 0.781. The van der Waals surface area contributed by atoms with Crippen molar-refractivity contribution in [1.82, 2.24) is 30.0 Å². The van der Waals surface area contributed by atoms with Gasteiger partial charge in [-0.25, -0.2) is 9.97 Å². The van der Waals surface area contributed by atoms with Crippen LogP contribution < -0.4 is 4.90 Å². The summed E-state index contributed by atoms with van der Waals surface area (Å²) in [4.78, 5) is 20.9. The van der Waals surface area contributed by atoms with E-state index in [2.05, 4.69) is 41.9 Å². The topological polar surface area (TPSA) is 87.0 Å². The number of likely N-dealkylation sites (N-methyl/N-ethyl adjacent to an activating group) is 1. The summed E-state index contributed by atoms with van der Waals surface area (Å²) in [6, 6.07) is 2.43. The highest BCUT2D eigenvalue weighted by Gasteiger charge is 2.26. The second-order valence-electron chi connectivity index (χ2n) is 6.31. The number of aryl methyl sites for hydroxylation is 1. The molecule has 3 aromatic heterocycles. The third-order valence-corrected chi connectivity index (χ3v) is 4.63. The minimum Gasteiger partial charge on any atom is -0.355 e. The first-order valence-corrected chi connectivity index (χ1v) is 8.23. The van der Waals surface area contributed by atoms with Gasteiger partial charge in [0, 0.05) is 32.8 Å². The Morgan fingerprint density at radius 1 is 1.42 bits per heavy atom. The van der Waals surface area contributed by atoms with Crippen LogP contribution in [-0.4, -0.2) is 56.2 Å². The molecule has 3 aromatic rings. The molecule has 0 amide bonds. The standard InChI is InChI=1S/C16H21N7O/c1-11-20-14(21-24-11)9-23-7-3-4-12(8-23)22(2)16-13-5-6-17-15(13)18-10-19-16/h5-6,10,12H,3-4,7-9H2,1-2H3,(H,17,18,19). The first-order valence-electron chi connectivity index (χ1n) is 8.23. The number of likely N-dealkylation sites (tertiary alicyclic amines) is 1. The molecule has 4 heterocycles. The Bertz CT molecular complexity index is 827. The summed E-state index contributed by atoms with van der Waals surface area (Å²) in [5, 5.41) is 5.07. The van der Waals surface area contributed by atoms with Crippen LogP contribution in [0, 0.1) is 6.92 Å². The number of nitrogens with one attached hydrogen (secondary N) is 1. The second-order valence-corrected chi connectivity index (χ2v) is 6.31. The van der Waals surface area contributed by atoms with Crippen LogP contribution in [0.5, 0.6) is 0 Å². The monoisotopic (exact) mass is 327 g/mol. The minimum absolute atomic E-state index is 0.403. The van der Waals surface area contributed by atoms with Crippen LogP contribution in [0.1, 0.15) is 24.6 Å². The number of nitrogens with zero attached hydrogens (tertiary/aromatic N) is 6. The van der Waals surface area contributed by atoms with E-state index in [0.717, 1.165) is 55.2 Å². The largest absolute Gasteiger partial charge is 0.355 e. The van der Waals surface area contributed by atoms with Gasteiger partial charge in [0.2, 0.25) is 5.89 Å². The molecule has 8 nitrogen and oxygen atoms in total. The molecule has 1 atom stereocenters. The van der Waals surface area contributed by atoms with Gasteiger partial charge in [0.1, 0.15) is 17.8 Å². The van der Waals surface area contributed by atoms with E-state index in [9.17, 15) is 0 Å². The van der Waals surface area contributed by atoms with E-state index in [1.54, 1.807) is 6.33 Å². The van der Waals surface area contributed by atoms with Crippen molar-refractivity contribution in [3.63, 3.8) is 0 Å². The Kier molecular flexibility index (Phi) is 3.89. The zero-order valence-corrected chi connectivity index (χ0v) is 13.9. The van der Waals surface area contributed by atoms with Crippen LogP contribution >= 0.6 is 0 Å². The van der Waals surface area contributed by atoms with Crippen LogP contribution in [-0.2, 0) is 6.54 Å². The number of H-pyrrole nitrogens is 1. The van der Waals surface area contributed by atoms with E-state index in [0.29, 0.717) is 11.9 Å². The molecular formula is C16H21N7O. The average Bonchev–Trinajstić information content (AvgIpc) is 3.23.